The van der Waals surface area contributed by atoms with Gasteiger partial charge in [0.05, 0.1) is 27.9 Å². The van der Waals surface area contributed by atoms with Gasteiger partial charge >= 0.3 is 0 Å². The first-order chi connectivity index (χ1) is 11.6. The summed E-state index contributed by atoms with van der Waals surface area (Å²) in [6.07, 6.45) is 1.95. The first-order valence-corrected chi connectivity index (χ1v) is 9.10. The lowest BCUT2D eigenvalue weighted by Gasteiger charge is -2.02. The number of hydrogen-bond acceptors (Lipinski definition) is 8. The summed E-state index contributed by atoms with van der Waals surface area (Å²) in [6, 6.07) is 3.29. The zero-order chi connectivity index (χ0) is 16.9. The van der Waals surface area contributed by atoms with Crippen molar-refractivity contribution >= 4 is 46.4 Å². The Kier molecular flexibility index (Phi) is 5.44. The summed E-state index contributed by atoms with van der Waals surface area (Å²) in [5.74, 6) is 0.837. The van der Waals surface area contributed by atoms with Gasteiger partial charge in [0.25, 0.3) is 5.22 Å². The first kappa shape index (κ1) is 16.9. The minimum atomic E-state index is -0.218. The number of hydrogen-bond donors (Lipinski definition) is 1. The summed E-state index contributed by atoms with van der Waals surface area (Å²) >= 11 is 8.48. The van der Waals surface area contributed by atoms with Crippen molar-refractivity contribution in [2.24, 2.45) is 0 Å². The van der Waals surface area contributed by atoms with Crippen molar-refractivity contribution in [1.29, 1.82) is 0 Å². The molecule has 3 heterocycles. The van der Waals surface area contributed by atoms with Gasteiger partial charge in [-0.05, 0) is 19.1 Å². The number of halogens is 1. The van der Waals surface area contributed by atoms with E-state index in [2.05, 4.69) is 25.5 Å². The van der Waals surface area contributed by atoms with Crippen molar-refractivity contribution in [3.05, 3.63) is 45.3 Å². The number of aromatic nitrogens is 4. The van der Waals surface area contributed by atoms with E-state index >= 15 is 0 Å². The highest BCUT2D eigenvalue weighted by Crippen LogP contribution is 2.19. The molecule has 0 aromatic carbocycles. The Balaban J connectivity index is 1.49. The minimum Gasteiger partial charge on any atom is -0.416 e. The van der Waals surface area contributed by atoms with Gasteiger partial charge in [-0.3, -0.25) is 4.79 Å². The van der Waals surface area contributed by atoms with Gasteiger partial charge in [0, 0.05) is 11.6 Å². The second-order valence-corrected chi connectivity index (χ2v) is 7.12. The molecule has 3 aromatic rings. The van der Waals surface area contributed by atoms with E-state index in [-0.39, 0.29) is 11.7 Å². The third-order valence-corrected chi connectivity index (χ3v) is 4.63. The topological polar surface area (TPSA) is 93.8 Å². The number of rotatable bonds is 6. The number of thioether (sulfide) groups is 1. The molecule has 3 rings (SSSR count). The van der Waals surface area contributed by atoms with Crippen molar-refractivity contribution in [3.63, 3.8) is 0 Å². The van der Waals surface area contributed by atoms with E-state index in [1.165, 1.54) is 6.20 Å². The zero-order valence-corrected chi connectivity index (χ0v) is 14.9. The maximum Gasteiger partial charge on any atom is 0.277 e. The van der Waals surface area contributed by atoms with Crippen molar-refractivity contribution in [2.75, 3.05) is 11.1 Å². The summed E-state index contributed by atoms with van der Waals surface area (Å²) in [4.78, 5) is 20.2. The average molecular weight is 382 g/mol. The summed E-state index contributed by atoms with van der Waals surface area (Å²) in [5.41, 5.74) is 0.893. The number of amides is 1. The van der Waals surface area contributed by atoms with E-state index in [1.807, 2.05) is 12.3 Å². The molecule has 0 aliphatic carbocycles. The van der Waals surface area contributed by atoms with E-state index < -0.39 is 0 Å². The molecule has 0 saturated heterocycles. The quantitative estimate of drug-likeness (QED) is 0.655. The second-order valence-electron chi connectivity index (χ2n) is 4.69. The Morgan fingerprint density at radius 3 is 3.00 bits per heavy atom. The van der Waals surface area contributed by atoms with Crippen LogP contribution in [0.25, 0.3) is 0 Å². The van der Waals surface area contributed by atoms with Crippen LogP contribution in [-0.4, -0.2) is 31.8 Å². The molecule has 1 N–H and O–H groups in total. The van der Waals surface area contributed by atoms with Crippen molar-refractivity contribution in [2.45, 2.75) is 18.6 Å². The maximum absolute atomic E-state index is 11.9. The van der Waals surface area contributed by atoms with Crippen LogP contribution in [0.15, 0.2) is 33.3 Å². The Morgan fingerprint density at radius 2 is 2.29 bits per heavy atom. The van der Waals surface area contributed by atoms with E-state index in [1.54, 1.807) is 23.5 Å². The molecule has 0 radical (unpaired) electrons. The molecule has 0 bridgehead atoms. The Bertz CT molecular complexity index is 834. The summed E-state index contributed by atoms with van der Waals surface area (Å²) in [5, 5.41) is 14.3. The van der Waals surface area contributed by atoms with Gasteiger partial charge in [-0.2, -0.15) is 0 Å². The van der Waals surface area contributed by atoms with Gasteiger partial charge in [0.15, 0.2) is 0 Å². The average Bonchev–Trinajstić information content (AvgIpc) is 3.17. The third kappa shape index (κ3) is 4.76. The van der Waals surface area contributed by atoms with Crippen LogP contribution in [0.5, 0.6) is 0 Å². The lowest BCUT2D eigenvalue weighted by molar-refractivity contribution is -0.113. The maximum atomic E-state index is 11.9. The molecule has 0 aliphatic rings. The smallest absolute Gasteiger partial charge is 0.277 e. The Morgan fingerprint density at radius 1 is 1.42 bits per heavy atom. The van der Waals surface area contributed by atoms with Gasteiger partial charge in [-0.25, -0.2) is 9.97 Å². The highest BCUT2D eigenvalue weighted by molar-refractivity contribution is 7.99. The van der Waals surface area contributed by atoms with Crippen LogP contribution in [0, 0.1) is 6.92 Å². The minimum absolute atomic E-state index is 0.141. The highest BCUT2D eigenvalue weighted by Gasteiger charge is 2.12. The van der Waals surface area contributed by atoms with Crippen molar-refractivity contribution < 1.29 is 9.21 Å². The molecule has 10 heteroatoms. The molecule has 0 atom stereocenters. The number of nitrogens with one attached hydrogen (secondary N) is 1. The lowest BCUT2D eigenvalue weighted by Crippen LogP contribution is -2.14. The number of anilines is 1. The van der Waals surface area contributed by atoms with Crippen LogP contribution in [-0.2, 0) is 11.2 Å². The van der Waals surface area contributed by atoms with Crippen LogP contribution in [0.4, 0.5) is 5.82 Å². The number of carbonyl (C=O) groups excluding carboxylic acids is 1. The van der Waals surface area contributed by atoms with E-state index in [0.29, 0.717) is 28.4 Å². The third-order valence-electron chi connectivity index (χ3n) is 2.77. The molecule has 7 nitrogen and oxygen atoms in total. The molecular weight excluding hydrogens is 370 g/mol. The molecule has 124 valence electrons. The van der Waals surface area contributed by atoms with E-state index in [9.17, 15) is 4.79 Å². The summed E-state index contributed by atoms with van der Waals surface area (Å²) < 4.78 is 5.51. The molecule has 0 saturated carbocycles. The number of nitrogens with zero attached hydrogens (tertiary/aromatic N) is 4. The van der Waals surface area contributed by atoms with Gasteiger partial charge in [0.1, 0.15) is 5.82 Å². The molecule has 0 fully saturated rings. The van der Waals surface area contributed by atoms with Crippen LogP contribution < -0.4 is 5.32 Å². The molecule has 0 spiro atoms. The molecule has 24 heavy (non-hydrogen) atoms. The fourth-order valence-electron chi connectivity index (χ4n) is 1.77. The van der Waals surface area contributed by atoms with Gasteiger partial charge < -0.3 is 9.73 Å². The Hall–Kier alpha value is -1.97. The van der Waals surface area contributed by atoms with Crippen LogP contribution in [0.3, 0.4) is 0 Å². The molecule has 0 unspecified atom stereocenters. The highest BCUT2D eigenvalue weighted by atomic mass is 35.5. The van der Waals surface area contributed by atoms with Gasteiger partial charge in [0.2, 0.25) is 11.8 Å². The van der Waals surface area contributed by atoms with Gasteiger partial charge in [-0.1, -0.05) is 23.4 Å². The number of pyridine rings is 1. The van der Waals surface area contributed by atoms with Crippen LogP contribution in [0.2, 0.25) is 5.02 Å². The Labute approximate surface area is 150 Å². The number of carbonyl (C=O) groups is 1. The molecule has 0 aliphatic heterocycles. The van der Waals surface area contributed by atoms with E-state index in [0.717, 1.165) is 22.5 Å². The van der Waals surface area contributed by atoms with Gasteiger partial charge in [-0.15, -0.1) is 21.5 Å². The molecular formula is C14H12ClN5O2S2. The first-order valence-electron chi connectivity index (χ1n) is 6.86. The lowest BCUT2D eigenvalue weighted by atomic mass is 10.3. The normalized spacial score (nSPS) is 10.8. The fraction of sp³-hybridized carbons (Fsp3) is 0.214. The fourth-order valence-corrected chi connectivity index (χ4v) is 3.07. The SMILES string of the molecule is Cc1nc(Cc2nnc(SCC(=O)Nc3ccc(Cl)cn3)o2)cs1. The molecule has 1 amide bonds. The molecule has 3 aromatic heterocycles. The zero-order valence-electron chi connectivity index (χ0n) is 12.5. The van der Waals surface area contributed by atoms with Crippen molar-refractivity contribution in [1.82, 2.24) is 20.2 Å². The largest absolute Gasteiger partial charge is 0.416 e. The van der Waals surface area contributed by atoms with E-state index in [4.69, 9.17) is 16.0 Å². The summed E-state index contributed by atoms with van der Waals surface area (Å²) in [6.45, 7) is 1.94. The van der Waals surface area contributed by atoms with Crippen LogP contribution in [0.1, 0.15) is 16.6 Å². The summed E-state index contributed by atoms with van der Waals surface area (Å²) in [7, 11) is 0. The van der Waals surface area contributed by atoms with Crippen molar-refractivity contribution in [3.8, 4) is 0 Å². The number of thiazole rings is 1. The number of aryl methyl sites for hydroxylation is 1. The predicted molar refractivity (Wildman–Crippen MR) is 92.6 cm³/mol. The monoisotopic (exact) mass is 381 g/mol. The predicted octanol–water partition coefficient (Wildman–Crippen LogP) is 3.20. The standard InChI is InChI=1S/C14H12ClN5O2S2/c1-8-17-10(6-23-8)4-13-19-20-14(22-13)24-7-12(21)18-11-3-2-9(15)5-16-11/h2-3,5-6H,4,7H2,1H3,(H,16,18,21). The van der Waals surface area contributed by atoms with Crippen LogP contribution >= 0.6 is 34.7 Å². The second kappa shape index (κ2) is 7.73.